The van der Waals surface area contributed by atoms with Crippen molar-refractivity contribution < 1.29 is 18.3 Å². The number of nitrogens with one attached hydrogen (secondary N) is 1. The van der Waals surface area contributed by atoms with Crippen LogP contribution in [0.25, 0.3) is 0 Å². The summed E-state index contributed by atoms with van der Waals surface area (Å²) in [6, 6.07) is 2.32. The SMILES string of the molecule is CCOC(=O)C(NC)c1c(F)cccc1F. The summed E-state index contributed by atoms with van der Waals surface area (Å²) in [5.74, 6) is -2.24. The van der Waals surface area contributed by atoms with Crippen LogP contribution in [0.3, 0.4) is 0 Å². The number of likely N-dealkylation sites (N-methyl/N-ethyl adjacent to an activating group) is 1. The third kappa shape index (κ3) is 2.55. The highest BCUT2D eigenvalue weighted by atomic mass is 19.1. The molecule has 1 atom stereocenters. The van der Waals surface area contributed by atoms with Crippen molar-refractivity contribution in [1.82, 2.24) is 5.32 Å². The second-order valence-electron chi connectivity index (χ2n) is 3.11. The van der Waals surface area contributed by atoms with E-state index in [9.17, 15) is 13.6 Å². The highest BCUT2D eigenvalue weighted by molar-refractivity contribution is 5.77. The van der Waals surface area contributed by atoms with Crippen molar-refractivity contribution in [2.45, 2.75) is 13.0 Å². The predicted octanol–water partition coefficient (Wildman–Crippen LogP) is 1.79. The Morgan fingerprint density at radius 3 is 2.44 bits per heavy atom. The van der Waals surface area contributed by atoms with Gasteiger partial charge < -0.3 is 10.1 Å². The van der Waals surface area contributed by atoms with Crippen molar-refractivity contribution in [2.75, 3.05) is 13.7 Å². The van der Waals surface area contributed by atoms with Crippen LogP contribution in [-0.4, -0.2) is 19.6 Å². The molecule has 0 bridgehead atoms. The summed E-state index contributed by atoms with van der Waals surface area (Å²) in [5, 5.41) is 2.53. The molecule has 1 N–H and O–H groups in total. The molecule has 0 fully saturated rings. The number of esters is 1. The normalized spacial score (nSPS) is 12.2. The van der Waals surface area contributed by atoms with Gasteiger partial charge in [-0.3, -0.25) is 0 Å². The van der Waals surface area contributed by atoms with E-state index in [1.807, 2.05) is 0 Å². The topological polar surface area (TPSA) is 38.3 Å². The first kappa shape index (κ1) is 12.6. The number of benzene rings is 1. The molecule has 0 amide bonds. The molecule has 0 spiro atoms. The Labute approximate surface area is 92.4 Å². The van der Waals surface area contributed by atoms with E-state index in [4.69, 9.17) is 4.74 Å². The molecule has 0 heterocycles. The maximum Gasteiger partial charge on any atom is 0.327 e. The molecule has 1 rings (SSSR count). The van der Waals surface area contributed by atoms with E-state index in [1.54, 1.807) is 6.92 Å². The number of carbonyl (C=O) groups is 1. The molecular weight excluding hydrogens is 216 g/mol. The predicted molar refractivity (Wildman–Crippen MR) is 54.8 cm³/mol. The second-order valence-corrected chi connectivity index (χ2v) is 3.11. The van der Waals surface area contributed by atoms with Crippen LogP contribution in [0.15, 0.2) is 18.2 Å². The van der Waals surface area contributed by atoms with E-state index >= 15 is 0 Å². The first-order valence-corrected chi connectivity index (χ1v) is 4.89. The third-order valence-corrected chi connectivity index (χ3v) is 2.10. The molecule has 0 aliphatic rings. The molecule has 5 heteroatoms. The Morgan fingerprint density at radius 2 is 2.00 bits per heavy atom. The van der Waals surface area contributed by atoms with Gasteiger partial charge in [0.1, 0.15) is 17.7 Å². The average molecular weight is 229 g/mol. The lowest BCUT2D eigenvalue weighted by molar-refractivity contribution is -0.145. The minimum absolute atomic E-state index is 0.160. The minimum atomic E-state index is -1.12. The van der Waals surface area contributed by atoms with Crippen molar-refractivity contribution in [1.29, 1.82) is 0 Å². The van der Waals surface area contributed by atoms with Gasteiger partial charge in [0.2, 0.25) is 0 Å². The maximum absolute atomic E-state index is 13.4. The zero-order chi connectivity index (χ0) is 12.1. The van der Waals surface area contributed by atoms with Crippen molar-refractivity contribution in [3.8, 4) is 0 Å². The van der Waals surface area contributed by atoms with E-state index in [2.05, 4.69) is 5.32 Å². The molecule has 1 aromatic carbocycles. The lowest BCUT2D eigenvalue weighted by Gasteiger charge is -2.16. The summed E-state index contributed by atoms with van der Waals surface area (Å²) in [7, 11) is 1.44. The molecule has 16 heavy (non-hydrogen) atoms. The van der Waals surface area contributed by atoms with Gasteiger partial charge in [-0.15, -0.1) is 0 Å². The van der Waals surface area contributed by atoms with Crippen LogP contribution in [0.1, 0.15) is 18.5 Å². The summed E-state index contributed by atoms with van der Waals surface area (Å²) in [4.78, 5) is 11.5. The number of carbonyl (C=O) groups excluding carboxylic acids is 1. The van der Waals surface area contributed by atoms with Gasteiger partial charge in [0.05, 0.1) is 12.2 Å². The summed E-state index contributed by atoms with van der Waals surface area (Å²) in [6.45, 7) is 1.79. The first-order valence-electron chi connectivity index (χ1n) is 4.89. The van der Waals surface area contributed by atoms with E-state index in [0.29, 0.717) is 0 Å². The monoisotopic (exact) mass is 229 g/mol. The smallest absolute Gasteiger partial charge is 0.327 e. The van der Waals surface area contributed by atoms with Crippen LogP contribution < -0.4 is 5.32 Å². The number of hydrogen-bond donors (Lipinski definition) is 1. The summed E-state index contributed by atoms with van der Waals surface area (Å²) in [5.41, 5.74) is -0.316. The Bertz CT molecular complexity index is 362. The third-order valence-electron chi connectivity index (χ3n) is 2.10. The van der Waals surface area contributed by atoms with Gasteiger partial charge >= 0.3 is 5.97 Å². The number of hydrogen-bond acceptors (Lipinski definition) is 3. The molecule has 0 aliphatic heterocycles. The second kappa shape index (κ2) is 5.55. The lowest BCUT2D eigenvalue weighted by Crippen LogP contribution is -2.29. The van der Waals surface area contributed by atoms with Gasteiger partial charge in [-0.2, -0.15) is 0 Å². The maximum atomic E-state index is 13.4. The number of halogens is 2. The van der Waals surface area contributed by atoms with Gasteiger partial charge in [0.25, 0.3) is 0 Å². The van der Waals surface area contributed by atoms with Crippen molar-refractivity contribution in [2.24, 2.45) is 0 Å². The summed E-state index contributed by atoms with van der Waals surface area (Å²) >= 11 is 0. The Kier molecular flexibility index (Phi) is 4.37. The summed E-state index contributed by atoms with van der Waals surface area (Å²) < 4.78 is 31.5. The van der Waals surface area contributed by atoms with E-state index < -0.39 is 23.6 Å². The van der Waals surface area contributed by atoms with Crippen LogP contribution in [-0.2, 0) is 9.53 Å². The van der Waals surface area contributed by atoms with E-state index in [0.717, 1.165) is 12.1 Å². The first-order chi connectivity index (χ1) is 7.61. The molecule has 0 saturated heterocycles. The molecule has 3 nitrogen and oxygen atoms in total. The van der Waals surface area contributed by atoms with Crippen LogP contribution in [0.2, 0.25) is 0 Å². The van der Waals surface area contributed by atoms with Crippen LogP contribution in [0.4, 0.5) is 8.78 Å². The highest BCUT2D eigenvalue weighted by Crippen LogP contribution is 2.21. The quantitative estimate of drug-likeness (QED) is 0.800. The molecule has 88 valence electrons. The molecule has 0 saturated carbocycles. The summed E-state index contributed by atoms with van der Waals surface area (Å²) in [6.07, 6.45) is 0. The highest BCUT2D eigenvalue weighted by Gasteiger charge is 2.26. The molecule has 1 unspecified atom stereocenters. The average Bonchev–Trinajstić information content (AvgIpc) is 2.24. The van der Waals surface area contributed by atoms with Gasteiger partial charge in [0, 0.05) is 0 Å². The Morgan fingerprint density at radius 1 is 1.44 bits per heavy atom. The molecular formula is C11H13F2NO2. The van der Waals surface area contributed by atoms with Gasteiger partial charge in [-0.05, 0) is 26.1 Å². The van der Waals surface area contributed by atoms with E-state index in [1.165, 1.54) is 13.1 Å². The fourth-order valence-electron chi connectivity index (χ4n) is 1.39. The van der Waals surface area contributed by atoms with Crippen LogP contribution in [0, 0.1) is 11.6 Å². The minimum Gasteiger partial charge on any atom is -0.465 e. The van der Waals surface area contributed by atoms with Crippen molar-refractivity contribution in [3.63, 3.8) is 0 Å². The zero-order valence-corrected chi connectivity index (χ0v) is 9.09. The van der Waals surface area contributed by atoms with Crippen molar-refractivity contribution >= 4 is 5.97 Å². The van der Waals surface area contributed by atoms with Gasteiger partial charge in [-0.25, -0.2) is 13.6 Å². The fraction of sp³-hybridized carbons (Fsp3) is 0.364. The van der Waals surface area contributed by atoms with Crippen molar-refractivity contribution in [3.05, 3.63) is 35.4 Å². The fourth-order valence-corrected chi connectivity index (χ4v) is 1.39. The van der Waals surface area contributed by atoms with Crippen LogP contribution >= 0.6 is 0 Å². The lowest BCUT2D eigenvalue weighted by atomic mass is 10.1. The molecule has 1 aromatic rings. The molecule has 0 aliphatic carbocycles. The Balaban J connectivity index is 3.08. The van der Waals surface area contributed by atoms with Crippen LogP contribution in [0.5, 0.6) is 0 Å². The van der Waals surface area contributed by atoms with Gasteiger partial charge in [-0.1, -0.05) is 6.07 Å². The van der Waals surface area contributed by atoms with Gasteiger partial charge in [0.15, 0.2) is 0 Å². The standard InChI is InChI=1S/C11H13F2NO2/c1-3-16-11(15)10(14-2)9-7(12)5-4-6-8(9)13/h4-6,10,14H,3H2,1-2H3. The number of ether oxygens (including phenoxy) is 1. The molecule has 0 radical (unpaired) electrons. The zero-order valence-electron chi connectivity index (χ0n) is 9.09. The largest absolute Gasteiger partial charge is 0.465 e. The molecule has 0 aromatic heterocycles. The Hall–Kier alpha value is -1.49. The number of rotatable bonds is 4. The van der Waals surface area contributed by atoms with E-state index in [-0.39, 0.29) is 12.2 Å².